The summed E-state index contributed by atoms with van der Waals surface area (Å²) in [7, 11) is 0. The number of hydrogen-bond acceptors (Lipinski definition) is 5. The Kier molecular flexibility index (Phi) is 7.83. The summed E-state index contributed by atoms with van der Waals surface area (Å²) in [6.07, 6.45) is 3.21. The van der Waals surface area contributed by atoms with Gasteiger partial charge in [-0.25, -0.2) is 9.80 Å². The molecule has 0 fully saturated rings. The van der Waals surface area contributed by atoms with Gasteiger partial charge in [0.05, 0.1) is 12.3 Å². The number of hydrogen-bond donors (Lipinski definition) is 0. The predicted octanol–water partition coefficient (Wildman–Crippen LogP) is 4.24. The molecule has 33 heavy (non-hydrogen) atoms. The van der Waals surface area contributed by atoms with Gasteiger partial charge in [0.15, 0.2) is 6.61 Å². The van der Waals surface area contributed by atoms with E-state index in [2.05, 4.69) is 23.5 Å². The largest absolute Gasteiger partial charge is 0.451 e. The van der Waals surface area contributed by atoms with Crippen LogP contribution in [0.4, 0.5) is 0 Å². The summed E-state index contributed by atoms with van der Waals surface area (Å²) in [6.45, 7) is 9.19. The first-order valence-corrected chi connectivity index (χ1v) is 11.2. The maximum absolute atomic E-state index is 12.5. The molecule has 2 aromatic rings. The second-order valence-corrected chi connectivity index (χ2v) is 8.59. The first-order chi connectivity index (χ1) is 15.8. The molecule has 0 saturated heterocycles. The highest BCUT2D eigenvalue weighted by Gasteiger charge is 2.23. The molecule has 7 nitrogen and oxygen atoms in total. The average Bonchev–Trinajstić information content (AvgIpc) is 3.40. The molecule has 0 N–H and O–H groups in total. The number of hydrazone groups is 1. The van der Waals surface area contributed by atoms with Gasteiger partial charge in [-0.15, -0.1) is 0 Å². The molecular weight excluding hydrogens is 416 g/mol. The van der Waals surface area contributed by atoms with E-state index in [0.717, 1.165) is 41.2 Å². The van der Waals surface area contributed by atoms with Crippen LogP contribution >= 0.6 is 0 Å². The number of aryl methyl sites for hydroxylation is 1. The molecular formula is C26H30N4O3. The van der Waals surface area contributed by atoms with Crippen molar-refractivity contribution in [1.82, 2.24) is 9.58 Å². The molecule has 1 amide bonds. The Balaban J connectivity index is 1.63. The number of ether oxygens (including phenoxy) is 1. The zero-order valence-electron chi connectivity index (χ0n) is 19.7. The van der Waals surface area contributed by atoms with Gasteiger partial charge in [0, 0.05) is 24.4 Å². The van der Waals surface area contributed by atoms with Crippen molar-refractivity contribution in [3.63, 3.8) is 0 Å². The highest BCUT2D eigenvalue weighted by Crippen LogP contribution is 2.20. The smallest absolute Gasteiger partial charge is 0.349 e. The van der Waals surface area contributed by atoms with Crippen molar-refractivity contribution < 1.29 is 14.3 Å². The van der Waals surface area contributed by atoms with Crippen LogP contribution in [0.3, 0.4) is 0 Å². The van der Waals surface area contributed by atoms with E-state index in [1.54, 1.807) is 0 Å². The summed E-state index contributed by atoms with van der Waals surface area (Å²) in [5.74, 6) is -0.654. The van der Waals surface area contributed by atoms with E-state index >= 15 is 0 Å². The number of nitrogens with zero attached hydrogens (tertiary/aromatic N) is 4. The van der Waals surface area contributed by atoms with Crippen molar-refractivity contribution in [1.29, 1.82) is 5.26 Å². The fourth-order valence-corrected chi connectivity index (χ4v) is 3.75. The van der Waals surface area contributed by atoms with Crippen molar-refractivity contribution in [3.05, 3.63) is 64.5 Å². The van der Waals surface area contributed by atoms with Crippen LogP contribution < -0.4 is 0 Å². The fourth-order valence-electron chi connectivity index (χ4n) is 3.75. The molecule has 0 atom stereocenters. The molecule has 0 unspecified atom stereocenters. The Morgan fingerprint density at radius 1 is 1.24 bits per heavy atom. The standard InChI is InChI=1S/C26H30N4O3/c1-18(2)10-12-29-19(3)14-22(20(29)4)15-23(16-27)26(32)33-17-25(31)30-13-11-24(28-30)21-8-6-5-7-9-21/h5-9,14-15,18H,10-13,17H2,1-4H3/b23-15+. The lowest BCUT2D eigenvalue weighted by molar-refractivity contribution is -0.148. The highest BCUT2D eigenvalue weighted by molar-refractivity contribution is 6.03. The summed E-state index contributed by atoms with van der Waals surface area (Å²) in [6, 6.07) is 13.5. The molecule has 172 valence electrons. The van der Waals surface area contributed by atoms with Crippen molar-refractivity contribution in [3.8, 4) is 6.07 Å². The van der Waals surface area contributed by atoms with Gasteiger partial charge in [-0.1, -0.05) is 44.2 Å². The van der Waals surface area contributed by atoms with E-state index in [1.807, 2.05) is 56.3 Å². The van der Waals surface area contributed by atoms with Gasteiger partial charge < -0.3 is 9.30 Å². The first-order valence-electron chi connectivity index (χ1n) is 11.2. The molecule has 1 aromatic carbocycles. The van der Waals surface area contributed by atoms with Crippen LogP contribution in [0.15, 0.2) is 47.1 Å². The molecule has 3 rings (SSSR count). The molecule has 1 aromatic heterocycles. The Morgan fingerprint density at radius 2 is 1.97 bits per heavy atom. The van der Waals surface area contributed by atoms with Crippen LogP contribution in [0.2, 0.25) is 0 Å². The van der Waals surface area contributed by atoms with Crippen molar-refractivity contribution in [2.24, 2.45) is 11.0 Å². The minimum atomic E-state index is -0.815. The molecule has 0 saturated carbocycles. The Hall–Kier alpha value is -3.66. The lowest BCUT2D eigenvalue weighted by atomic mass is 10.1. The molecule has 2 heterocycles. The molecule has 0 spiro atoms. The summed E-state index contributed by atoms with van der Waals surface area (Å²) in [4.78, 5) is 24.9. The van der Waals surface area contributed by atoms with E-state index in [-0.39, 0.29) is 5.57 Å². The Bertz CT molecular complexity index is 1120. The number of aromatic nitrogens is 1. The molecule has 1 aliphatic heterocycles. The Morgan fingerprint density at radius 3 is 2.64 bits per heavy atom. The number of rotatable bonds is 8. The number of carbonyl (C=O) groups is 2. The second-order valence-electron chi connectivity index (χ2n) is 8.59. The quantitative estimate of drug-likeness (QED) is 0.345. The molecule has 7 heteroatoms. The van der Waals surface area contributed by atoms with Crippen molar-refractivity contribution in [2.45, 2.75) is 47.1 Å². The van der Waals surface area contributed by atoms with E-state index in [0.29, 0.717) is 18.9 Å². The molecule has 0 aliphatic carbocycles. The summed E-state index contributed by atoms with van der Waals surface area (Å²) < 4.78 is 7.33. The third-order valence-electron chi connectivity index (χ3n) is 5.71. The third-order valence-corrected chi connectivity index (χ3v) is 5.71. The van der Waals surface area contributed by atoms with Crippen LogP contribution in [-0.4, -0.2) is 40.3 Å². The number of amides is 1. The topological polar surface area (TPSA) is 87.7 Å². The van der Waals surface area contributed by atoms with Crippen molar-refractivity contribution >= 4 is 23.7 Å². The molecule has 1 aliphatic rings. The maximum atomic E-state index is 12.5. The van der Waals surface area contributed by atoms with Crippen LogP contribution in [0.5, 0.6) is 0 Å². The van der Waals surface area contributed by atoms with Crippen LogP contribution in [0.25, 0.3) is 6.08 Å². The molecule has 0 bridgehead atoms. The van der Waals surface area contributed by atoms with Gasteiger partial charge in [0.2, 0.25) is 0 Å². The van der Waals surface area contributed by atoms with Gasteiger partial charge in [-0.2, -0.15) is 10.4 Å². The average molecular weight is 447 g/mol. The van der Waals surface area contributed by atoms with Gasteiger partial charge in [-0.3, -0.25) is 4.79 Å². The Labute approximate surface area is 195 Å². The lowest BCUT2D eigenvalue weighted by Crippen LogP contribution is -2.29. The maximum Gasteiger partial charge on any atom is 0.349 e. The summed E-state index contributed by atoms with van der Waals surface area (Å²) in [5.41, 5.74) is 4.51. The normalized spacial score (nSPS) is 13.8. The summed E-state index contributed by atoms with van der Waals surface area (Å²) in [5, 5.41) is 15.2. The van der Waals surface area contributed by atoms with Crippen molar-refractivity contribution in [2.75, 3.05) is 13.2 Å². The molecule has 0 radical (unpaired) electrons. The summed E-state index contributed by atoms with van der Waals surface area (Å²) >= 11 is 0. The number of esters is 1. The minimum Gasteiger partial charge on any atom is -0.451 e. The zero-order valence-corrected chi connectivity index (χ0v) is 19.7. The van der Waals surface area contributed by atoms with Crippen LogP contribution in [0.1, 0.15) is 49.2 Å². The fraction of sp³-hybridized carbons (Fsp3) is 0.385. The van der Waals surface area contributed by atoms with Gasteiger partial charge >= 0.3 is 5.97 Å². The number of nitriles is 1. The van der Waals surface area contributed by atoms with Gasteiger partial charge in [0.25, 0.3) is 5.91 Å². The van der Waals surface area contributed by atoms with E-state index in [9.17, 15) is 14.9 Å². The monoisotopic (exact) mass is 446 g/mol. The highest BCUT2D eigenvalue weighted by atomic mass is 16.5. The minimum absolute atomic E-state index is 0.137. The second kappa shape index (κ2) is 10.8. The van der Waals surface area contributed by atoms with E-state index < -0.39 is 18.5 Å². The SMILES string of the molecule is Cc1cc(/C=C(\C#N)C(=O)OCC(=O)N2CCC(c3ccccc3)=N2)c(C)n1CCC(C)C. The predicted molar refractivity (Wildman–Crippen MR) is 127 cm³/mol. The lowest BCUT2D eigenvalue weighted by Gasteiger charge is -2.11. The number of benzene rings is 1. The van der Waals surface area contributed by atoms with E-state index in [1.165, 1.54) is 11.1 Å². The van der Waals surface area contributed by atoms with Crippen LogP contribution in [0, 0.1) is 31.1 Å². The zero-order chi connectivity index (χ0) is 24.0. The van der Waals surface area contributed by atoms with Crippen LogP contribution in [-0.2, 0) is 20.9 Å². The van der Waals surface area contributed by atoms with Gasteiger partial charge in [0.1, 0.15) is 11.6 Å². The first kappa shape index (κ1) is 24.0. The van der Waals surface area contributed by atoms with E-state index in [4.69, 9.17) is 4.74 Å². The third kappa shape index (κ3) is 5.98. The number of carbonyl (C=O) groups excluding carboxylic acids is 2. The van der Waals surface area contributed by atoms with Gasteiger partial charge in [-0.05, 0) is 49.5 Å².